The van der Waals surface area contributed by atoms with Crippen LogP contribution >= 0.6 is 0 Å². The minimum atomic E-state index is -0.917. The highest BCUT2D eigenvalue weighted by atomic mass is 16.5. The second-order valence-corrected chi connectivity index (χ2v) is 7.20. The molecule has 0 unspecified atom stereocenters. The first-order chi connectivity index (χ1) is 14.6. The average molecular weight is 402 g/mol. The minimum absolute atomic E-state index is 0.115. The number of amides is 1. The molecular weight excluding hydrogens is 380 g/mol. The molecule has 2 aromatic carbocycles. The molecule has 4 rings (SSSR count). The maximum absolute atomic E-state index is 13.7. The first-order valence-electron chi connectivity index (χ1n) is 9.64. The Bertz CT molecular complexity index is 1070. The minimum Gasteiger partial charge on any atom is -0.493 e. The van der Waals surface area contributed by atoms with E-state index in [1.54, 1.807) is 49.7 Å². The number of pyridine rings is 1. The van der Waals surface area contributed by atoms with E-state index in [9.17, 15) is 9.59 Å². The van der Waals surface area contributed by atoms with Gasteiger partial charge in [0.05, 0.1) is 25.6 Å². The highest BCUT2D eigenvalue weighted by Crippen LogP contribution is 2.57. The Kier molecular flexibility index (Phi) is 5.23. The van der Waals surface area contributed by atoms with E-state index in [1.165, 1.54) is 7.11 Å². The van der Waals surface area contributed by atoms with Crippen LogP contribution in [0, 0.1) is 5.92 Å². The Morgan fingerprint density at radius 2 is 1.70 bits per heavy atom. The zero-order valence-corrected chi connectivity index (χ0v) is 16.8. The van der Waals surface area contributed by atoms with E-state index >= 15 is 0 Å². The molecule has 0 saturated heterocycles. The third-order valence-electron chi connectivity index (χ3n) is 5.53. The van der Waals surface area contributed by atoms with Crippen molar-refractivity contribution in [2.45, 2.75) is 11.8 Å². The van der Waals surface area contributed by atoms with Gasteiger partial charge in [-0.3, -0.25) is 9.59 Å². The molecule has 1 heterocycles. The largest absolute Gasteiger partial charge is 0.493 e. The molecule has 1 N–H and O–H groups in total. The number of carbonyl (C=O) groups is 2. The highest BCUT2D eigenvalue weighted by molar-refractivity contribution is 6.12. The topological polar surface area (TPSA) is 77.5 Å². The maximum Gasteiger partial charge on any atom is 0.230 e. The number of nitrogens with one attached hydrogen (secondary N) is 1. The molecule has 2 atom stereocenters. The van der Waals surface area contributed by atoms with Gasteiger partial charge in [0.2, 0.25) is 5.91 Å². The molecule has 1 aliphatic rings. The highest BCUT2D eigenvalue weighted by Gasteiger charge is 2.64. The van der Waals surface area contributed by atoms with Crippen molar-refractivity contribution < 1.29 is 19.1 Å². The third-order valence-corrected chi connectivity index (χ3v) is 5.53. The van der Waals surface area contributed by atoms with Gasteiger partial charge in [0.15, 0.2) is 17.3 Å². The maximum atomic E-state index is 13.7. The van der Waals surface area contributed by atoms with Gasteiger partial charge in [0.1, 0.15) is 5.82 Å². The fourth-order valence-electron chi connectivity index (χ4n) is 3.90. The molecule has 0 radical (unpaired) electrons. The van der Waals surface area contributed by atoms with Crippen molar-refractivity contribution in [3.05, 3.63) is 84.1 Å². The van der Waals surface area contributed by atoms with E-state index in [0.717, 1.165) is 5.56 Å². The lowest BCUT2D eigenvalue weighted by Crippen LogP contribution is -2.28. The van der Waals surface area contributed by atoms with Gasteiger partial charge in [0.25, 0.3) is 0 Å². The lowest BCUT2D eigenvalue weighted by atomic mass is 9.85. The van der Waals surface area contributed by atoms with Crippen LogP contribution in [-0.2, 0) is 10.2 Å². The molecule has 0 aliphatic heterocycles. The number of nitrogens with zero attached hydrogens (tertiary/aromatic N) is 1. The number of Topliss-reactive ketones (excluding diaryl/α,β-unsaturated/α-hetero) is 1. The summed E-state index contributed by atoms with van der Waals surface area (Å²) in [6, 6.07) is 19.8. The quantitative estimate of drug-likeness (QED) is 0.607. The molecule has 1 aliphatic carbocycles. The molecule has 1 aromatic heterocycles. The molecule has 6 heteroatoms. The first-order valence-corrected chi connectivity index (χ1v) is 9.64. The standard InChI is InChI=1S/C24H22N2O4/c1-29-19-12-11-16(14-20(19)30-2)22(27)24(17-8-4-3-5-9-17)15-18(24)23(28)26-21-10-6-7-13-25-21/h3-14,18H,15H2,1-2H3,(H,25,26,28)/t18-,24+/m0/s1. The SMILES string of the molecule is COc1ccc(C(=O)[C@@]2(c3ccccc3)C[C@H]2C(=O)Nc2ccccn2)cc1OC. The molecule has 1 saturated carbocycles. The molecule has 30 heavy (non-hydrogen) atoms. The van der Waals surface area contributed by atoms with Crippen molar-refractivity contribution in [3.8, 4) is 11.5 Å². The van der Waals surface area contributed by atoms with E-state index in [0.29, 0.717) is 29.3 Å². The second kappa shape index (κ2) is 7.99. The summed E-state index contributed by atoms with van der Waals surface area (Å²) in [4.78, 5) is 30.8. The molecule has 0 bridgehead atoms. The number of benzene rings is 2. The number of hydrogen-bond donors (Lipinski definition) is 1. The predicted molar refractivity (Wildman–Crippen MR) is 113 cm³/mol. The van der Waals surface area contributed by atoms with Crippen LogP contribution in [0.3, 0.4) is 0 Å². The van der Waals surface area contributed by atoms with Gasteiger partial charge < -0.3 is 14.8 Å². The van der Waals surface area contributed by atoms with Gasteiger partial charge in [-0.05, 0) is 42.3 Å². The molecule has 1 fully saturated rings. The normalized spacial score (nSPS) is 19.6. The summed E-state index contributed by atoms with van der Waals surface area (Å²) in [5.41, 5.74) is 0.385. The lowest BCUT2D eigenvalue weighted by Gasteiger charge is -2.18. The number of rotatable bonds is 7. The summed E-state index contributed by atoms with van der Waals surface area (Å²) in [6.07, 6.45) is 2.05. The second-order valence-electron chi connectivity index (χ2n) is 7.20. The summed E-state index contributed by atoms with van der Waals surface area (Å²) in [7, 11) is 3.07. The Hall–Kier alpha value is -3.67. The number of anilines is 1. The van der Waals surface area contributed by atoms with Crippen LogP contribution in [0.5, 0.6) is 11.5 Å². The summed E-state index contributed by atoms with van der Waals surface area (Å²) >= 11 is 0. The third kappa shape index (κ3) is 3.41. The van der Waals surface area contributed by atoms with Crippen LogP contribution in [0.1, 0.15) is 22.3 Å². The Labute approximate surface area is 174 Å². The number of ether oxygens (including phenoxy) is 2. The van der Waals surface area contributed by atoms with Gasteiger partial charge in [0, 0.05) is 11.8 Å². The van der Waals surface area contributed by atoms with Crippen molar-refractivity contribution >= 4 is 17.5 Å². The van der Waals surface area contributed by atoms with Crippen LogP contribution in [0.15, 0.2) is 72.9 Å². The molecular formula is C24H22N2O4. The number of methoxy groups -OCH3 is 2. The van der Waals surface area contributed by atoms with Gasteiger partial charge in [-0.15, -0.1) is 0 Å². The van der Waals surface area contributed by atoms with E-state index in [4.69, 9.17) is 9.47 Å². The van der Waals surface area contributed by atoms with Crippen LogP contribution < -0.4 is 14.8 Å². The Morgan fingerprint density at radius 3 is 2.37 bits per heavy atom. The van der Waals surface area contributed by atoms with Crippen LogP contribution in [0.4, 0.5) is 5.82 Å². The summed E-state index contributed by atoms with van der Waals surface area (Å²) < 4.78 is 10.6. The van der Waals surface area contributed by atoms with E-state index in [1.807, 2.05) is 30.3 Å². The van der Waals surface area contributed by atoms with E-state index < -0.39 is 11.3 Å². The van der Waals surface area contributed by atoms with Crippen molar-refractivity contribution in [1.29, 1.82) is 0 Å². The number of hydrogen-bond acceptors (Lipinski definition) is 5. The Balaban J connectivity index is 1.68. The molecule has 1 amide bonds. The van der Waals surface area contributed by atoms with Crippen molar-refractivity contribution in [2.75, 3.05) is 19.5 Å². The lowest BCUT2D eigenvalue weighted by molar-refractivity contribution is -0.117. The number of carbonyl (C=O) groups excluding carboxylic acids is 2. The first kappa shape index (κ1) is 19.6. The van der Waals surface area contributed by atoms with Crippen molar-refractivity contribution in [3.63, 3.8) is 0 Å². The van der Waals surface area contributed by atoms with E-state index in [2.05, 4.69) is 10.3 Å². The van der Waals surface area contributed by atoms with Crippen LogP contribution in [0.25, 0.3) is 0 Å². The summed E-state index contributed by atoms with van der Waals surface area (Å²) in [6.45, 7) is 0. The van der Waals surface area contributed by atoms with Crippen LogP contribution in [0.2, 0.25) is 0 Å². The zero-order chi connectivity index (χ0) is 21.1. The number of ketones is 1. The van der Waals surface area contributed by atoms with Crippen LogP contribution in [-0.4, -0.2) is 30.9 Å². The molecule has 3 aromatic rings. The van der Waals surface area contributed by atoms with Gasteiger partial charge >= 0.3 is 0 Å². The zero-order valence-electron chi connectivity index (χ0n) is 16.8. The average Bonchev–Trinajstić information content (AvgIpc) is 3.56. The van der Waals surface area contributed by atoms with Gasteiger partial charge in [-0.2, -0.15) is 0 Å². The van der Waals surface area contributed by atoms with Crippen molar-refractivity contribution in [1.82, 2.24) is 4.98 Å². The smallest absolute Gasteiger partial charge is 0.230 e. The number of aromatic nitrogens is 1. The molecule has 152 valence electrons. The monoisotopic (exact) mass is 402 g/mol. The Morgan fingerprint density at radius 1 is 0.967 bits per heavy atom. The fourth-order valence-corrected chi connectivity index (χ4v) is 3.90. The predicted octanol–water partition coefficient (Wildman–Crippen LogP) is 3.88. The summed E-state index contributed by atoms with van der Waals surface area (Å²) in [5.74, 6) is 0.671. The fraction of sp³-hybridized carbons (Fsp3) is 0.208. The van der Waals surface area contributed by atoms with Crippen molar-refractivity contribution in [2.24, 2.45) is 5.92 Å². The van der Waals surface area contributed by atoms with Gasteiger partial charge in [-0.1, -0.05) is 36.4 Å². The molecule has 0 spiro atoms. The van der Waals surface area contributed by atoms with E-state index in [-0.39, 0.29) is 11.7 Å². The van der Waals surface area contributed by atoms with Gasteiger partial charge in [-0.25, -0.2) is 4.98 Å². The summed E-state index contributed by atoms with van der Waals surface area (Å²) in [5, 5.41) is 2.83. The molecule has 6 nitrogen and oxygen atoms in total.